The molecule has 1 saturated heterocycles. The van der Waals surface area contributed by atoms with Crippen LogP contribution in [0.2, 0.25) is 0 Å². The second-order valence-corrected chi connectivity index (χ2v) is 3.98. The Balaban J connectivity index is 2.04. The molecule has 6 heteroatoms. The lowest BCUT2D eigenvalue weighted by Crippen LogP contribution is -2.30. The summed E-state index contributed by atoms with van der Waals surface area (Å²) in [7, 11) is 1.76. The van der Waals surface area contributed by atoms with Gasteiger partial charge < -0.3 is 15.3 Å². The van der Waals surface area contributed by atoms with Crippen molar-refractivity contribution in [2.24, 2.45) is 0 Å². The Labute approximate surface area is 98.3 Å². The number of hydrogen-bond donors (Lipinski definition) is 2. The molecule has 0 aliphatic carbocycles. The summed E-state index contributed by atoms with van der Waals surface area (Å²) in [6.07, 6.45) is 2.17. The van der Waals surface area contributed by atoms with Gasteiger partial charge in [0.2, 0.25) is 5.91 Å². The van der Waals surface area contributed by atoms with Crippen molar-refractivity contribution in [2.75, 3.05) is 18.9 Å². The molecule has 2 rings (SSSR count). The van der Waals surface area contributed by atoms with E-state index in [-0.39, 0.29) is 17.6 Å². The number of rotatable bonds is 3. The van der Waals surface area contributed by atoms with E-state index in [2.05, 4.69) is 10.3 Å². The molecule has 0 radical (unpaired) electrons. The van der Waals surface area contributed by atoms with Gasteiger partial charge in [0.05, 0.1) is 11.9 Å². The van der Waals surface area contributed by atoms with Crippen molar-refractivity contribution >= 4 is 17.6 Å². The number of anilines is 1. The van der Waals surface area contributed by atoms with Crippen LogP contribution < -0.4 is 5.32 Å². The number of carboxylic acid groups (broad SMARTS) is 1. The average Bonchev–Trinajstić information content (AvgIpc) is 2.62. The topological polar surface area (TPSA) is 82.5 Å². The molecule has 90 valence electrons. The van der Waals surface area contributed by atoms with Crippen molar-refractivity contribution in [2.45, 2.75) is 12.5 Å². The van der Waals surface area contributed by atoms with Crippen LogP contribution in [0, 0.1) is 0 Å². The molecule has 2 N–H and O–H groups in total. The van der Waals surface area contributed by atoms with E-state index in [9.17, 15) is 9.59 Å². The highest BCUT2D eigenvalue weighted by molar-refractivity contribution is 5.87. The molecule has 1 amide bonds. The van der Waals surface area contributed by atoms with E-state index in [1.54, 1.807) is 18.0 Å². The minimum Gasteiger partial charge on any atom is -0.477 e. The van der Waals surface area contributed by atoms with Gasteiger partial charge in [0.1, 0.15) is 11.7 Å². The Hall–Kier alpha value is -2.11. The van der Waals surface area contributed by atoms with Gasteiger partial charge in [0.25, 0.3) is 0 Å². The number of aromatic carboxylic acids is 1. The summed E-state index contributed by atoms with van der Waals surface area (Å²) < 4.78 is 0. The SMILES string of the molecule is CN1CCC(Nc2ccc(C(=O)O)nc2)C1=O. The number of amides is 1. The van der Waals surface area contributed by atoms with Gasteiger partial charge in [-0.2, -0.15) is 0 Å². The molecule has 0 saturated carbocycles. The van der Waals surface area contributed by atoms with E-state index in [4.69, 9.17) is 5.11 Å². The largest absolute Gasteiger partial charge is 0.477 e. The zero-order valence-electron chi connectivity index (χ0n) is 9.38. The fourth-order valence-electron chi connectivity index (χ4n) is 1.76. The minimum atomic E-state index is -1.06. The van der Waals surface area contributed by atoms with Crippen LogP contribution in [-0.4, -0.2) is 46.5 Å². The Morgan fingerprint density at radius 1 is 1.59 bits per heavy atom. The highest BCUT2D eigenvalue weighted by atomic mass is 16.4. The maximum atomic E-state index is 11.6. The average molecular weight is 235 g/mol. The summed E-state index contributed by atoms with van der Waals surface area (Å²) in [5.41, 5.74) is 0.647. The first kappa shape index (κ1) is 11.4. The van der Waals surface area contributed by atoms with Gasteiger partial charge in [-0.3, -0.25) is 4.79 Å². The highest BCUT2D eigenvalue weighted by Crippen LogP contribution is 2.15. The molecule has 1 aliphatic rings. The second-order valence-electron chi connectivity index (χ2n) is 3.98. The minimum absolute atomic E-state index is 0.00887. The number of pyridine rings is 1. The second kappa shape index (κ2) is 4.40. The third-order valence-electron chi connectivity index (χ3n) is 2.75. The lowest BCUT2D eigenvalue weighted by Gasteiger charge is -2.13. The number of likely N-dealkylation sites (N-methyl/N-ethyl adjacent to an activating group) is 1. The van der Waals surface area contributed by atoms with Gasteiger partial charge in [-0.25, -0.2) is 9.78 Å². The molecule has 2 heterocycles. The van der Waals surface area contributed by atoms with Gasteiger partial charge in [0.15, 0.2) is 0 Å². The number of likely N-dealkylation sites (tertiary alicyclic amines) is 1. The third-order valence-corrected chi connectivity index (χ3v) is 2.75. The summed E-state index contributed by atoms with van der Waals surface area (Å²) in [6, 6.07) is 2.79. The molecule has 1 unspecified atom stereocenters. The molecule has 1 aromatic rings. The fraction of sp³-hybridized carbons (Fsp3) is 0.364. The zero-order valence-corrected chi connectivity index (χ0v) is 9.38. The van der Waals surface area contributed by atoms with Crippen LogP contribution in [0.25, 0.3) is 0 Å². The van der Waals surface area contributed by atoms with Crippen LogP contribution in [0.1, 0.15) is 16.9 Å². The quantitative estimate of drug-likeness (QED) is 0.793. The number of nitrogens with zero attached hydrogens (tertiary/aromatic N) is 2. The van der Waals surface area contributed by atoms with Crippen LogP contribution in [0.15, 0.2) is 18.3 Å². The van der Waals surface area contributed by atoms with Crippen LogP contribution in [0.5, 0.6) is 0 Å². The normalized spacial score (nSPS) is 19.5. The summed E-state index contributed by atoms with van der Waals surface area (Å²) in [5, 5.41) is 11.7. The van der Waals surface area contributed by atoms with Gasteiger partial charge in [0, 0.05) is 13.6 Å². The molecule has 0 spiro atoms. The van der Waals surface area contributed by atoms with Crippen molar-refractivity contribution < 1.29 is 14.7 Å². The van der Waals surface area contributed by atoms with E-state index in [0.717, 1.165) is 13.0 Å². The summed E-state index contributed by atoms with van der Waals surface area (Å²) in [5.74, 6) is -1.01. The Kier molecular flexibility index (Phi) is 2.95. The molecule has 0 aromatic carbocycles. The number of carbonyl (C=O) groups excluding carboxylic acids is 1. The molecule has 1 fully saturated rings. The predicted molar refractivity (Wildman–Crippen MR) is 60.9 cm³/mol. The number of hydrogen-bond acceptors (Lipinski definition) is 4. The van der Waals surface area contributed by atoms with Gasteiger partial charge in [-0.15, -0.1) is 0 Å². The van der Waals surface area contributed by atoms with Crippen molar-refractivity contribution in [3.8, 4) is 0 Å². The molecular formula is C11H13N3O3. The van der Waals surface area contributed by atoms with Crippen molar-refractivity contribution in [1.29, 1.82) is 0 Å². The predicted octanol–water partition coefficient (Wildman–Crippen LogP) is 0.422. The van der Waals surface area contributed by atoms with Gasteiger partial charge in [-0.1, -0.05) is 0 Å². The summed E-state index contributed by atoms with van der Waals surface area (Å²) in [4.78, 5) is 27.7. The van der Waals surface area contributed by atoms with Gasteiger partial charge in [-0.05, 0) is 18.6 Å². The Bertz CT molecular complexity index is 444. The van der Waals surface area contributed by atoms with Crippen molar-refractivity contribution in [3.05, 3.63) is 24.0 Å². The Morgan fingerprint density at radius 2 is 2.35 bits per heavy atom. The number of carboxylic acids is 1. The standard InChI is InChI=1S/C11H13N3O3/c1-14-5-4-8(10(14)15)13-7-2-3-9(11(16)17)12-6-7/h2-3,6,8,13H,4-5H2,1H3,(H,16,17). The molecule has 17 heavy (non-hydrogen) atoms. The number of carbonyl (C=O) groups is 2. The van der Waals surface area contributed by atoms with E-state index >= 15 is 0 Å². The fourth-order valence-corrected chi connectivity index (χ4v) is 1.76. The van der Waals surface area contributed by atoms with Crippen molar-refractivity contribution in [3.63, 3.8) is 0 Å². The number of nitrogens with one attached hydrogen (secondary N) is 1. The Morgan fingerprint density at radius 3 is 2.82 bits per heavy atom. The van der Waals surface area contributed by atoms with Crippen LogP contribution in [-0.2, 0) is 4.79 Å². The lowest BCUT2D eigenvalue weighted by molar-refractivity contribution is -0.127. The molecule has 1 aromatic heterocycles. The van der Waals surface area contributed by atoms with E-state index in [1.165, 1.54) is 12.3 Å². The van der Waals surface area contributed by atoms with E-state index < -0.39 is 5.97 Å². The molecule has 6 nitrogen and oxygen atoms in total. The maximum absolute atomic E-state index is 11.6. The zero-order chi connectivity index (χ0) is 12.4. The molecule has 1 atom stereocenters. The van der Waals surface area contributed by atoms with E-state index in [0.29, 0.717) is 5.69 Å². The number of aromatic nitrogens is 1. The maximum Gasteiger partial charge on any atom is 0.354 e. The first-order valence-corrected chi connectivity index (χ1v) is 5.29. The monoisotopic (exact) mass is 235 g/mol. The smallest absolute Gasteiger partial charge is 0.354 e. The van der Waals surface area contributed by atoms with Crippen LogP contribution in [0.3, 0.4) is 0 Å². The molecule has 1 aliphatic heterocycles. The van der Waals surface area contributed by atoms with Crippen LogP contribution in [0.4, 0.5) is 5.69 Å². The molecular weight excluding hydrogens is 222 g/mol. The van der Waals surface area contributed by atoms with Gasteiger partial charge >= 0.3 is 5.97 Å². The lowest BCUT2D eigenvalue weighted by atomic mass is 10.2. The molecule has 0 bridgehead atoms. The van der Waals surface area contributed by atoms with E-state index in [1.807, 2.05) is 0 Å². The van der Waals surface area contributed by atoms with Crippen LogP contribution >= 0.6 is 0 Å². The van der Waals surface area contributed by atoms with Crippen molar-refractivity contribution in [1.82, 2.24) is 9.88 Å². The summed E-state index contributed by atoms with van der Waals surface area (Å²) >= 11 is 0. The highest BCUT2D eigenvalue weighted by Gasteiger charge is 2.28. The first-order valence-electron chi connectivity index (χ1n) is 5.29. The third kappa shape index (κ3) is 2.35. The first-order chi connectivity index (χ1) is 8.08. The summed E-state index contributed by atoms with van der Waals surface area (Å²) in [6.45, 7) is 0.733.